The Morgan fingerprint density at radius 1 is 1.30 bits per heavy atom. The smallest absolute Gasteiger partial charge is 0.161 e. The number of ether oxygens (including phenoxy) is 3. The van der Waals surface area contributed by atoms with Crippen LogP contribution in [0.15, 0.2) is 18.2 Å². The van der Waals surface area contributed by atoms with E-state index >= 15 is 0 Å². The van der Waals surface area contributed by atoms with Gasteiger partial charge in [0.1, 0.15) is 0 Å². The van der Waals surface area contributed by atoms with Crippen LogP contribution in [0.5, 0.6) is 11.5 Å². The van der Waals surface area contributed by atoms with Crippen LogP contribution < -0.4 is 14.8 Å². The van der Waals surface area contributed by atoms with Crippen molar-refractivity contribution in [2.75, 3.05) is 34.0 Å². The van der Waals surface area contributed by atoms with Crippen molar-refractivity contribution in [3.63, 3.8) is 0 Å². The summed E-state index contributed by atoms with van der Waals surface area (Å²) in [6, 6.07) is 6.38. The van der Waals surface area contributed by atoms with E-state index in [1.165, 1.54) is 18.4 Å². The van der Waals surface area contributed by atoms with Crippen LogP contribution in [-0.2, 0) is 4.74 Å². The molecule has 1 aliphatic rings. The first-order chi connectivity index (χ1) is 9.74. The molecule has 4 heteroatoms. The SMILES string of the molecule is COc1ccc(C(C)NCCC2CCOC2)cc1OC. The van der Waals surface area contributed by atoms with Crippen LogP contribution in [0.2, 0.25) is 0 Å². The average molecular weight is 279 g/mol. The topological polar surface area (TPSA) is 39.7 Å². The molecule has 2 unspecified atom stereocenters. The second-order valence-electron chi connectivity index (χ2n) is 5.31. The summed E-state index contributed by atoms with van der Waals surface area (Å²) in [4.78, 5) is 0. The van der Waals surface area contributed by atoms with Crippen LogP contribution in [0.1, 0.15) is 31.4 Å². The van der Waals surface area contributed by atoms with Gasteiger partial charge in [0.25, 0.3) is 0 Å². The summed E-state index contributed by atoms with van der Waals surface area (Å²) in [6.07, 6.45) is 2.38. The van der Waals surface area contributed by atoms with Crippen molar-refractivity contribution in [2.24, 2.45) is 5.92 Å². The van der Waals surface area contributed by atoms with E-state index in [0.29, 0.717) is 6.04 Å². The number of benzene rings is 1. The number of hydrogen-bond donors (Lipinski definition) is 1. The van der Waals surface area contributed by atoms with Crippen LogP contribution in [0.25, 0.3) is 0 Å². The van der Waals surface area contributed by atoms with Crippen molar-refractivity contribution < 1.29 is 14.2 Å². The fourth-order valence-electron chi connectivity index (χ4n) is 2.55. The van der Waals surface area contributed by atoms with E-state index in [1.54, 1.807) is 14.2 Å². The molecule has 2 atom stereocenters. The molecule has 0 radical (unpaired) electrons. The van der Waals surface area contributed by atoms with Gasteiger partial charge in [-0.25, -0.2) is 0 Å². The number of hydrogen-bond acceptors (Lipinski definition) is 4. The largest absolute Gasteiger partial charge is 0.493 e. The van der Waals surface area contributed by atoms with Gasteiger partial charge in [0.05, 0.1) is 14.2 Å². The first-order valence-corrected chi connectivity index (χ1v) is 7.27. The maximum atomic E-state index is 5.40. The molecule has 1 aromatic rings. The van der Waals surface area contributed by atoms with Gasteiger partial charge in [0.2, 0.25) is 0 Å². The van der Waals surface area contributed by atoms with Gasteiger partial charge < -0.3 is 19.5 Å². The maximum absolute atomic E-state index is 5.40. The van der Waals surface area contributed by atoms with Gasteiger partial charge in [0, 0.05) is 19.3 Å². The zero-order valence-electron chi connectivity index (χ0n) is 12.6. The van der Waals surface area contributed by atoms with Gasteiger partial charge in [-0.05, 0) is 49.9 Å². The molecule has 2 rings (SSSR count). The van der Waals surface area contributed by atoms with E-state index < -0.39 is 0 Å². The summed E-state index contributed by atoms with van der Waals surface area (Å²) in [5.41, 5.74) is 1.21. The van der Waals surface area contributed by atoms with E-state index in [2.05, 4.69) is 18.3 Å². The van der Waals surface area contributed by atoms with Gasteiger partial charge in [-0.15, -0.1) is 0 Å². The number of methoxy groups -OCH3 is 2. The summed E-state index contributed by atoms with van der Waals surface area (Å²) in [6.45, 7) is 5.04. The highest BCUT2D eigenvalue weighted by Gasteiger charge is 2.16. The predicted molar refractivity (Wildman–Crippen MR) is 79.5 cm³/mol. The Morgan fingerprint density at radius 2 is 2.10 bits per heavy atom. The van der Waals surface area contributed by atoms with E-state index in [4.69, 9.17) is 14.2 Å². The quantitative estimate of drug-likeness (QED) is 0.833. The van der Waals surface area contributed by atoms with Crippen molar-refractivity contribution in [3.05, 3.63) is 23.8 Å². The third-order valence-electron chi connectivity index (χ3n) is 3.93. The molecule has 0 bridgehead atoms. The van der Waals surface area contributed by atoms with Crippen molar-refractivity contribution in [1.82, 2.24) is 5.32 Å². The lowest BCUT2D eigenvalue weighted by Gasteiger charge is -2.17. The van der Waals surface area contributed by atoms with Gasteiger partial charge in [-0.1, -0.05) is 6.07 Å². The third-order valence-corrected chi connectivity index (χ3v) is 3.93. The minimum absolute atomic E-state index is 0.303. The molecule has 1 N–H and O–H groups in total. The highest BCUT2D eigenvalue weighted by Crippen LogP contribution is 2.29. The molecule has 0 saturated carbocycles. The Bertz CT molecular complexity index is 416. The fraction of sp³-hybridized carbons (Fsp3) is 0.625. The predicted octanol–water partition coefficient (Wildman–Crippen LogP) is 2.78. The monoisotopic (exact) mass is 279 g/mol. The fourth-order valence-corrected chi connectivity index (χ4v) is 2.55. The maximum Gasteiger partial charge on any atom is 0.161 e. The molecule has 0 aromatic heterocycles. The van der Waals surface area contributed by atoms with E-state index in [1.807, 2.05) is 12.1 Å². The molecular formula is C16H25NO3. The minimum Gasteiger partial charge on any atom is -0.493 e. The summed E-state index contributed by atoms with van der Waals surface area (Å²) < 4.78 is 16.0. The third kappa shape index (κ3) is 3.87. The second-order valence-corrected chi connectivity index (χ2v) is 5.31. The first kappa shape index (κ1) is 15.1. The number of nitrogens with one attached hydrogen (secondary N) is 1. The molecule has 1 fully saturated rings. The number of rotatable bonds is 7. The normalized spacial score (nSPS) is 19.9. The van der Waals surface area contributed by atoms with Crippen molar-refractivity contribution in [3.8, 4) is 11.5 Å². The van der Waals surface area contributed by atoms with Gasteiger partial charge in [-0.3, -0.25) is 0 Å². The zero-order valence-corrected chi connectivity index (χ0v) is 12.6. The summed E-state index contributed by atoms with van der Waals surface area (Å²) in [5, 5.41) is 3.56. The molecule has 0 spiro atoms. The molecule has 112 valence electrons. The highest BCUT2D eigenvalue weighted by atomic mass is 16.5. The minimum atomic E-state index is 0.303. The molecule has 1 aliphatic heterocycles. The summed E-state index contributed by atoms with van der Waals surface area (Å²) >= 11 is 0. The first-order valence-electron chi connectivity index (χ1n) is 7.27. The van der Waals surface area contributed by atoms with Crippen LogP contribution in [0.4, 0.5) is 0 Å². The van der Waals surface area contributed by atoms with Gasteiger partial charge in [-0.2, -0.15) is 0 Å². The molecule has 1 saturated heterocycles. The van der Waals surface area contributed by atoms with E-state index in [-0.39, 0.29) is 0 Å². The lowest BCUT2D eigenvalue weighted by Crippen LogP contribution is -2.22. The Labute approximate surface area is 121 Å². The van der Waals surface area contributed by atoms with Crippen LogP contribution in [-0.4, -0.2) is 34.0 Å². The molecule has 4 nitrogen and oxygen atoms in total. The zero-order chi connectivity index (χ0) is 14.4. The Morgan fingerprint density at radius 3 is 2.75 bits per heavy atom. The van der Waals surface area contributed by atoms with Crippen molar-refractivity contribution in [2.45, 2.75) is 25.8 Å². The second kappa shape index (κ2) is 7.50. The molecule has 0 amide bonds. The average Bonchev–Trinajstić information content (AvgIpc) is 2.99. The Kier molecular flexibility index (Phi) is 5.68. The standard InChI is InChI=1S/C16H25NO3/c1-12(17-8-6-13-7-9-20-11-13)14-4-5-15(18-2)16(10-14)19-3/h4-5,10,12-13,17H,6-9,11H2,1-3H3. The lowest BCUT2D eigenvalue weighted by atomic mass is 10.0. The molecule has 1 aromatic carbocycles. The van der Waals surface area contributed by atoms with Crippen LogP contribution in [0.3, 0.4) is 0 Å². The van der Waals surface area contributed by atoms with Crippen LogP contribution >= 0.6 is 0 Å². The van der Waals surface area contributed by atoms with Gasteiger partial charge in [0.15, 0.2) is 11.5 Å². The molecule has 1 heterocycles. The highest BCUT2D eigenvalue weighted by molar-refractivity contribution is 5.43. The summed E-state index contributed by atoms with van der Waals surface area (Å²) in [5.74, 6) is 2.27. The Hall–Kier alpha value is -1.26. The van der Waals surface area contributed by atoms with Crippen molar-refractivity contribution >= 4 is 0 Å². The summed E-state index contributed by atoms with van der Waals surface area (Å²) in [7, 11) is 3.32. The van der Waals surface area contributed by atoms with Gasteiger partial charge >= 0.3 is 0 Å². The van der Waals surface area contributed by atoms with Crippen molar-refractivity contribution in [1.29, 1.82) is 0 Å². The van der Waals surface area contributed by atoms with E-state index in [9.17, 15) is 0 Å². The molecular weight excluding hydrogens is 254 g/mol. The Balaban J connectivity index is 1.86. The van der Waals surface area contributed by atoms with E-state index in [0.717, 1.165) is 37.2 Å². The van der Waals surface area contributed by atoms with Crippen LogP contribution in [0, 0.1) is 5.92 Å². The molecule has 0 aliphatic carbocycles. The molecule has 20 heavy (non-hydrogen) atoms. The lowest BCUT2D eigenvalue weighted by molar-refractivity contribution is 0.184.